The van der Waals surface area contributed by atoms with E-state index in [0.717, 1.165) is 36.1 Å². The van der Waals surface area contributed by atoms with Crippen molar-refractivity contribution in [2.24, 2.45) is 0 Å². The molecule has 0 spiro atoms. The average Bonchev–Trinajstić information content (AvgIpc) is 2.63. The van der Waals surface area contributed by atoms with Gasteiger partial charge >= 0.3 is 6.03 Å². The molecule has 0 aliphatic heterocycles. The van der Waals surface area contributed by atoms with E-state index < -0.39 is 5.60 Å². The van der Waals surface area contributed by atoms with Crippen LogP contribution in [0.5, 0.6) is 5.75 Å². The number of hydrogen-bond donors (Lipinski definition) is 3. The lowest BCUT2D eigenvalue weighted by molar-refractivity contribution is -0.0290. The Morgan fingerprint density at radius 2 is 1.72 bits per heavy atom. The molecular formula is C20H24N2O3. The maximum Gasteiger partial charge on any atom is 0.315 e. The third-order valence-corrected chi connectivity index (χ3v) is 4.49. The van der Waals surface area contributed by atoms with Crippen LogP contribution >= 0.6 is 0 Å². The fraction of sp³-hybridized carbons (Fsp3) is 0.350. The first-order valence-electron chi connectivity index (χ1n) is 8.63. The third kappa shape index (κ3) is 5.22. The van der Waals surface area contributed by atoms with E-state index in [2.05, 4.69) is 10.6 Å². The van der Waals surface area contributed by atoms with Crippen molar-refractivity contribution in [3.8, 4) is 5.75 Å². The van der Waals surface area contributed by atoms with E-state index in [1.54, 1.807) is 0 Å². The summed E-state index contributed by atoms with van der Waals surface area (Å²) in [5.41, 5.74) is 1.41. The number of amides is 2. The van der Waals surface area contributed by atoms with Gasteiger partial charge in [0.2, 0.25) is 0 Å². The Balaban J connectivity index is 1.39. The van der Waals surface area contributed by atoms with Gasteiger partial charge in [-0.3, -0.25) is 0 Å². The number of hydrogen-bond acceptors (Lipinski definition) is 3. The topological polar surface area (TPSA) is 70.6 Å². The highest BCUT2D eigenvalue weighted by atomic mass is 16.5. The molecule has 132 valence electrons. The molecule has 2 amide bonds. The molecule has 0 unspecified atom stereocenters. The van der Waals surface area contributed by atoms with Crippen LogP contribution in [0.1, 0.15) is 30.4 Å². The summed E-state index contributed by atoms with van der Waals surface area (Å²) in [4.78, 5) is 11.8. The number of ether oxygens (including phenoxy) is 1. The van der Waals surface area contributed by atoms with E-state index in [-0.39, 0.29) is 6.03 Å². The summed E-state index contributed by atoms with van der Waals surface area (Å²) in [5.74, 6) is 0.796. The van der Waals surface area contributed by atoms with E-state index in [1.165, 1.54) is 0 Å². The molecule has 25 heavy (non-hydrogen) atoms. The lowest BCUT2D eigenvalue weighted by Gasteiger charge is -2.36. The van der Waals surface area contributed by atoms with Gasteiger partial charge in [0.25, 0.3) is 0 Å². The van der Waals surface area contributed by atoms with Crippen molar-refractivity contribution in [3.05, 3.63) is 65.7 Å². The van der Waals surface area contributed by atoms with Crippen LogP contribution in [0.15, 0.2) is 54.6 Å². The summed E-state index contributed by atoms with van der Waals surface area (Å²) in [5, 5.41) is 15.5. The highest BCUT2D eigenvalue weighted by Gasteiger charge is 2.34. The second kappa shape index (κ2) is 8.03. The summed E-state index contributed by atoms with van der Waals surface area (Å²) in [6, 6.07) is 17.4. The summed E-state index contributed by atoms with van der Waals surface area (Å²) >= 11 is 0. The molecule has 0 aromatic heterocycles. The Bertz CT molecular complexity index is 682. The van der Waals surface area contributed by atoms with Gasteiger partial charge in [-0.2, -0.15) is 0 Å². The molecule has 5 nitrogen and oxygen atoms in total. The number of carbonyl (C=O) groups excluding carboxylic acids is 1. The fourth-order valence-corrected chi connectivity index (χ4v) is 2.70. The van der Waals surface area contributed by atoms with Gasteiger partial charge in [0, 0.05) is 13.1 Å². The molecule has 1 aliphatic rings. The quantitative estimate of drug-likeness (QED) is 0.726. The van der Waals surface area contributed by atoms with Crippen molar-refractivity contribution < 1.29 is 14.6 Å². The number of rotatable bonds is 7. The van der Waals surface area contributed by atoms with Crippen molar-refractivity contribution in [2.75, 3.05) is 6.54 Å². The monoisotopic (exact) mass is 340 g/mol. The number of urea groups is 1. The second-order valence-corrected chi connectivity index (χ2v) is 6.53. The zero-order valence-electron chi connectivity index (χ0n) is 14.2. The van der Waals surface area contributed by atoms with Gasteiger partial charge in [-0.1, -0.05) is 42.5 Å². The molecule has 1 fully saturated rings. The minimum absolute atomic E-state index is 0.260. The Labute approximate surface area is 148 Å². The molecule has 1 aliphatic carbocycles. The zero-order chi connectivity index (χ0) is 17.5. The Kier molecular flexibility index (Phi) is 5.56. The summed E-state index contributed by atoms with van der Waals surface area (Å²) in [6.45, 7) is 1.28. The minimum atomic E-state index is -0.699. The predicted octanol–water partition coefficient (Wildman–Crippen LogP) is 2.98. The minimum Gasteiger partial charge on any atom is -0.489 e. The smallest absolute Gasteiger partial charge is 0.315 e. The molecule has 5 heteroatoms. The molecule has 2 aromatic carbocycles. The van der Waals surface area contributed by atoms with Crippen LogP contribution in [-0.4, -0.2) is 23.3 Å². The number of nitrogens with one attached hydrogen (secondary N) is 2. The molecule has 0 atom stereocenters. The van der Waals surface area contributed by atoms with Crippen molar-refractivity contribution in [1.82, 2.24) is 10.6 Å². The van der Waals surface area contributed by atoms with Crippen LogP contribution in [-0.2, 0) is 13.2 Å². The van der Waals surface area contributed by atoms with E-state index in [4.69, 9.17) is 4.74 Å². The van der Waals surface area contributed by atoms with Gasteiger partial charge in [0.15, 0.2) is 0 Å². The van der Waals surface area contributed by atoms with E-state index in [9.17, 15) is 9.90 Å². The highest BCUT2D eigenvalue weighted by Crippen LogP contribution is 2.30. The van der Waals surface area contributed by atoms with E-state index >= 15 is 0 Å². The van der Waals surface area contributed by atoms with Gasteiger partial charge in [0.1, 0.15) is 12.4 Å². The molecule has 1 saturated carbocycles. The Morgan fingerprint density at radius 1 is 1.00 bits per heavy atom. The fourth-order valence-electron chi connectivity index (χ4n) is 2.70. The molecular weight excluding hydrogens is 316 g/mol. The first kappa shape index (κ1) is 17.3. The van der Waals surface area contributed by atoms with Crippen LogP contribution < -0.4 is 15.4 Å². The zero-order valence-corrected chi connectivity index (χ0v) is 14.2. The maximum atomic E-state index is 11.8. The van der Waals surface area contributed by atoms with Gasteiger partial charge in [-0.25, -0.2) is 4.79 Å². The van der Waals surface area contributed by atoms with Gasteiger partial charge in [0.05, 0.1) is 5.60 Å². The SMILES string of the molecule is O=C(NCc1ccc(OCc2ccccc2)cc1)NCC1(O)CCC1. The van der Waals surface area contributed by atoms with Crippen molar-refractivity contribution in [3.63, 3.8) is 0 Å². The highest BCUT2D eigenvalue weighted by molar-refractivity contribution is 5.73. The first-order chi connectivity index (χ1) is 12.1. The molecule has 0 heterocycles. The standard InChI is InChI=1S/C20H24N2O3/c23-19(22-15-20(24)11-4-12-20)21-13-16-7-9-18(10-8-16)25-14-17-5-2-1-3-6-17/h1-3,5-10,24H,4,11-15H2,(H2,21,22,23). The maximum absolute atomic E-state index is 11.8. The number of carbonyl (C=O) groups is 1. The van der Waals surface area contributed by atoms with Gasteiger partial charge < -0.3 is 20.5 Å². The van der Waals surface area contributed by atoms with Crippen molar-refractivity contribution in [1.29, 1.82) is 0 Å². The molecule has 0 radical (unpaired) electrons. The first-order valence-corrected chi connectivity index (χ1v) is 8.63. The normalized spacial score (nSPS) is 15.1. The van der Waals surface area contributed by atoms with E-state index in [0.29, 0.717) is 19.7 Å². The van der Waals surface area contributed by atoms with Crippen LogP contribution in [0, 0.1) is 0 Å². The number of aliphatic hydroxyl groups is 1. The largest absolute Gasteiger partial charge is 0.489 e. The molecule has 0 bridgehead atoms. The summed E-state index contributed by atoms with van der Waals surface area (Å²) in [7, 11) is 0. The summed E-state index contributed by atoms with van der Waals surface area (Å²) in [6.07, 6.45) is 2.55. The van der Waals surface area contributed by atoms with Crippen molar-refractivity contribution >= 4 is 6.03 Å². The van der Waals surface area contributed by atoms with Crippen LogP contribution in [0.2, 0.25) is 0 Å². The predicted molar refractivity (Wildman–Crippen MR) is 96.3 cm³/mol. The Morgan fingerprint density at radius 3 is 2.36 bits per heavy atom. The van der Waals surface area contributed by atoms with Crippen molar-refractivity contribution in [2.45, 2.75) is 38.0 Å². The number of benzene rings is 2. The van der Waals surface area contributed by atoms with Gasteiger partial charge in [-0.15, -0.1) is 0 Å². The lowest BCUT2D eigenvalue weighted by Crippen LogP contribution is -2.49. The lowest BCUT2D eigenvalue weighted by atomic mass is 9.80. The van der Waals surface area contributed by atoms with Crippen LogP contribution in [0.3, 0.4) is 0 Å². The molecule has 2 aromatic rings. The molecule has 0 saturated heterocycles. The van der Waals surface area contributed by atoms with Gasteiger partial charge in [-0.05, 0) is 42.5 Å². The van der Waals surface area contributed by atoms with Crippen LogP contribution in [0.25, 0.3) is 0 Å². The average molecular weight is 340 g/mol. The Hall–Kier alpha value is -2.53. The second-order valence-electron chi connectivity index (χ2n) is 6.53. The summed E-state index contributed by atoms with van der Waals surface area (Å²) < 4.78 is 5.74. The third-order valence-electron chi connectivity index (χ3n) is 4.49. The van der Waals surface area contributed by atoms with E-state index in [1.807, 2.05) is 54.6 Å². The van der Waals surface area contributed by atoms with Crippen LogP contribution in [0.4, 0.5) is 4.79 Å². The molecule has 3 N–H and O–H groups in total. The molecule has 3 rings (SSSR count).